The van der Waals surface area contributed by atoms with Crippen LogP contribution in [0, 0.1) is 6.92 Å². The Labute approximate surface area is 161 Å². The summed E-state index contributed by atoms with van der Waals surface area (Å²) in [4.78, 5) is 15.4. The van der Waals surface area contributed by atoms with Crippen molar-refractivity contribution < 1.29 is 5.11 Å². The Morgan fingerprint density at radius 2 is 1.96 bits per heavy atom. The summed E-state index contributed by atoms with van der Waals surface area (Å²) in [6, 6.07) is 11.9. The van der Waals surface area contributed by atoms with Crippen LogP contribution in [0.3, 0.4) is 0 Å². The molecule has 27 heavy (non-hydrogen) atoms. The zero-order valence-corrected chi connectivity index (χ0v) is 16.2. The molecule has 138 valence electrons. The second kappa shape index (κ2) is 6.83. The molecule has 0 amide bonds. The second-order valence-electron chi connectivity index (χ2n) is 6.92. The largest absolute Gasteiger partial charge is 0.507 e. The van der Waals surface area contributed by atoms with Gasteiger partial charge in [-0.05, 0) is 60.0 Å². The molecule has 0 unspecified atom stereocenters. The number of hydrogen-bond acceptors (Lipinski definition) is 4. The van der Waals surface area contributed by atoms with Crippen LogP contribution in [0.5, 0.6) is 5.75 Å². The van der Waals surface area contributed by atoms with Crippen LogP contribution in [0.1, 0.15) is 30.4 Å². The molecule has 2 aromatic carbocycles. The molecule has 4 N–H and O–H groups in total. The highest BCUT2D eigenvalue weighted by molar-refractivity contribution is 7.17. The van der Waals surface area contributed by atoms with Crippen LogP contribution in [0.15, 0.2) is 46.6 Å². The Bertz CT molecular complexity index is 1190. The molecule has 5 heteroatoms. The Balaban J connectivity index is 2.02. The van der Waals surface area contributed by atoms with Crippen LogP contribution >= 0.6 is 11.3 Å². The molecule has 0 spiro atoms. The van der Waals surface area contributed by atoms with E-state index in [0.29, 0.717) is 17.2 Å². The highest BCUT2D eigenvalue weighted by Gasteiger charge is 2.17. The molecule has 0 radical (unpaired) electrons. The van der Waals surface area contributed by atoms with E-state index in [1.165, 1.54) is 16.9 Å². The van der Waals surface area contributed by atoms with Gasteiger partial charge in [0.2, 0.25) is 0 Å². The van der Waals surface area contributed by atoms with Crippen LogP contribution in [0.25, 0.3) is 32.1 Å². The van der Waals surface area contributed by atoms with Crippen molar-refractivity contribution >= 4 is 32.3 Å². The fourth-order valence-electron chi connectivity index (χ4n) is 3.83. The molecule has 4 rings (SSSR count). The predicted molar refractivity (Wildman–Crippen MR) is 114 cm³/mol. The maximum absolute atomic E-state index is 12.4. The number of H-pyrrole nitrogens is 1. The number of aromatic amines is 1. The summed E-state index contributed by atoms with van der Waals surface area (Å²) in [6.45, 7) is 4.65. The lowest BCUT2D eigenvalue weighted by Gasteiger charge is -2.16. The van der Waals surface area contributed by atoms with E-state index < -0.39 is 0 Å². The van der Waals surface area contributed by atoms with Gasteiger partial charge in [0.15, 0.2) is 0 Å². The molecule has 0 aliphatic carbocycles. The van der Waals surface area contributed by atoms with Crippen molar-refractivity contribution in [2.45, 2.75) is 26.2 Å². The monoisotopic (exact) mass is 378 g/mol. The summed E-state index contributed by atoms with van der Waals surface area (Å²) in [5.74, 6) is 0.556. The topological polar surface area (TPSA) is 79.1 Å². The summed E-state index contributed by atoms with van der Waals surface area (Å²) in [5, 5.41) is 14.5. The molecule has 4 aromatic rings. The fourth-order valence-corrected chi connectivity index (χ4v) is 4.63. The SMILES string of the molecule is CC[C@@H](CN)c1ccc(-c2c(O)cc(C)c3[nH]c(=O)c4sccc4c23)cc1. The molecule has 4 nitrogen and oxygen atoms in total. The van der Waals surface area contributed by atoms with Gasteiger partial charge >= 0.3 is 0 Å². The zero-order valence-electron chi connectivity index (χ0n) is 15.4. The van der Waals surface area contributed by atoms with Crippen molar-refractivity contribution in [3.05, 3.63) is 63.3 Å². The Morgan fingerprint density at radius 1 is 1.22 bits per heavy atom. The number of nitrogens with one attached hydrogen (secondary N) is 1. The van der Waals surface area contributed by atoms with Crippen LogP contribution in [0.4, 0.5) is 0 Å². The van der Waals surface area contributed by atoms with E-state index in [-0.39, 0.29) is 11.3 Å². The number of pyridine rings is 1. The summed E-state index contributed by atoms with van der Waals surface area (Å²) >= 11 is 1.42. The van der Waals surface area contributed by atoms with E-state index in [4.69, 9.17) is 5.73 Å². The first kappa shape index (κ1) is 17.8. The number of phenols is 1. The standard InChI is InChI=1S/C22H22N2O2S/c1-3-13(11-23)14-4-6-15(7-5-14)18-17(25)10-12(2)20-19(18)16-8-9-27-21(16)22(26)24-20/h4-10,13,25H,3,11,23H2,1-2H3,(H,24,26)/t13-/m0/s1. The van der Waals surface area contributed by atoms with Gasteiger partial charge < -0.3 is 15.8 Å². The van der Waals surface area contributed by atoms with Crippen LogP contribution in [-0.2, 0) is 0 Å². The molecule has 0 fully saturated rings. The van der Waals surface area contributed by atoms with Crippen molar-refractivity contribution in [3.63, 3.8) is 0 Å². The third kappa shape index (κ3) is 2.83. The molecule has 0 saturated carbocycles. The number of aromatic hydroxyl groups is 1. The number of aromatic nitrogens is 1. The van der Waals surface area contributed by atoms with Gasteiger partial charge in [-0.1, -0.05) is 31.2 Å². The summed E-state index contributed by atoms with van der Waals surface area (Å²) in [5.41, 5.74) is 10.3. The third-order valence-corrected chi connectivity index (χ3v) is 6.24. The average molecular weight is 378 g/mol. The van der Waals surface area contributed by atoms with Gasteiger partial charge in [0.05, 0.1) is 5.52 Å². The van der Waals surface area contributed by atoms with Crippen molar-refractivity contribution in [1.82, 2.24) is 4.98 Å². The van der Waals surface area contributed by atoms with E-state index in [0.717, 1.165) is 39.4 Å². The molecule has 0 aliphatic heterocycles. The van der Waals surface area contributed by atoms with Crippen molar-refractivity contribution in [2.75, 3.05) is 6.54 Å². The molecular weight excluding hydrogens is 356 g/mol. The molecule has 2 aromatic heterocycles. The van der Waals surface area contributed by atoms with Crippen molar-refractivity contribution in [3.8, 4) is 16.9 Å². The quantitative estimate of drug-likeness (QED) is 0.474. The first-order valence-electron chi connectivity index (χ1n) is 9.11. The number of hydrogen-bond donors (Lipinski definition) is 3. The lowest BCUT2D eigenvalue weighted by atomic mass is 9.91. The highest BCUT2D eigenvalue weighted by atomic mass is 32.1. The van der Waals surface area contributed by atoms with E-state index >= 15 is 0 Å². The molecule has 0 saturated heterocycles. The van der Waals surface area contributed by atoms with Gasteiger partial charge in [-0.2, -0.15) is 0 Å². The van der Waals surface area contributed by atoms with E-state index in [2.05, 4.69) is 24.0 Å². The number of phenolic OH excluding ortho intramolecular Hbond substituents is 1. The van der Waals surface area contributed by atoms with Gasteiger partial charge in [-0.25, -0.2) is 0 Å². The molecule has 0 aliphatic rings. The molecule has 1 atom stereocenters. The van der Waals surface area contributed by atoms with Gasteiger partial charge in [0.25, 0.3) is 5.56 Å². The smallest absolute Gasteiger partial charge is 0.266 e. The van der Waals surface area contributed by atoms with Gasteiger partial charge in [0, 0.05) is 16.3 Å². The first-order valence-corrected chi connectivity index (χ1v) is 9.99. The lowest BCUT2D eigenvalue weighted by Crippen LogP contribution is -2.11. The van der Waals surface area contributed by atoms with Crippen LogP contribution in [0.2, 0.25) is 0 Å². The third-order valence-electron chi connectivity index (χ3n) is 5.33. The normalized spacial score (nSPS) is 12.7. The molecular formula is C22H22N2O2S. The minimum atomic E-state index is -0.0867. The number of aryl methyl sites for hydroxylation is 1. The molecule has 0 bridgehead atoms. The van der Waals surface area contributed by atoms with E-state index in [9.17, 15) is 9.90 Å². The van der Waals surface area contributed by atoms with Crippen molar-refractivity contribution in [1.29, 1.82) is 0 Å². The van der Waals surface area contributed by atoms with E-state index in [1.807, 2.05) is 30.5 Å². The minimum Gasteiger partial charge on any atom is -0.507 e. The number of thiophene rings is 1. The highest BCUT2D eigenvalue weighted by Crippen LogP contribution is 2.41. The molecule has 2 heterocycles. The van der Waals surface area contributed by atoms with Gasteiger partial charge in [-0.15, -0.1) is 11.3 Å². The fraction of sp³-hybridized carbons (Fsp3) is 0.227. The van der Waals surface area contributed by atoms with Crippen LogP contribution < -0.4 is 11.3 Å². The number of benzene rings is 2. The van der Waals surface area contributed by atoms with E-state index in [1.54, 1.807) is 6.07 Å². The Hall–Kier alpha value is -2.63. The lowest BCUT2D eigenvalue weighted by molar-refractivity contribution is 0.477. The minimum absolute atomic E-state index is 0.0867. The Morgan fingerprint density at radius 3 is 2.63 bits per heavy atom. The summed E-state index contributed by atoms with van der Waals surface area (Å²) < 4.78 is 0.680. The van der Waals surface area contributed by atoms with Crippen LogP contribution in [-0.4, -0.2) is 16.6 Å². The number of fused-ring (bicyclic) bond motifs is 3. The average Bonchev–Trinajstić information content (AvgIpc) is 3.15. The number of nitrogens with two attached hydrogens (primary N) is 1. The van der Waals surface area contributed by atoms with Gasteiger partial charge in [-0.3, -0.25) is 4.79 Å². The summed E-state index contributed by atoms with van der Waals surface area (Å²) in [6.07, 6.45) is 0.991. The maximum Gasteiger partial charge on any atom is 0.266 e. The summed E-state index contributed by atoms with van der Waals surface area (Å²) in [7, 11) is 0. The maximum atomic E-state index is 12.4. The number of rotatable bonds is 4. The van der Waals surface area contributed by atoms with Gasteiger partial charge in [0.1, 0.15) is 10.4 Å². The Kier molecular flexibility index (Phi) is 4.50. The second-order valence-corrected chi connectivity index (χ2v) is 7.83. The first-order chi connectivity index (χ1) is 13.0. The zero-order chi connectivity index (χ0) is 19.1. The predicted octanol–water partition coefficient (Wildman–Crippen LogP) is 4.88. The van der Waals surface area contributed by atoms with Crippen molar-refractivity contribution in [2.24, 2.45) is 5.73 Å².